The van der Waals surface area contributed by atoms with Crippen LogP contribution in [-0.2, 0) is 0 Å². The lowest BCUT2D eigenvalue weighted by molar-refractivity contribution is 0.826. The molecule has 2 nitrogen and oxygen atoms in total. The van der Waals surface area contributed by atoms with E-state index in [1.54, 1.807) is 0 Å². The fourth-order valence-corrected chi connectivity index (χ4v) is 8.28. The lowest BCUT2D eigenvalue weighted by atomic mass is 9.85. The summed E-state index contributed by atoms with van der Waals surface area (Å²) in [5, 5.41) is 7.50. The van der Waals surface area contributed by atoms with Gasteiger partial charge in [-0.25, -0.2) is 0 Å². The number of allylic oxidation sites excluding steroid dienone is 4. The van der Waals surface area contributed by atoms with Gasteiger partial charge in [0.15, 0.2) is 0 Å². The maximum atomic E-state index is 5.05. The Kier molecular flexibility index (Phi) is 6.99. The minimum atomic E-state index is 0.232. The summed E-state index contributed by atoms with van der Waals surface area (Å²) >= 11 is 0. The fraction of sp³-hybridized carbons (Fsp3) is 0.0408. The molecule has 2 heterocycles. The summed E-state index contributed by atoms with van der Waals surface area (Å²) in [6.45, 7) is 0. The highest BCUT2D eigenvalue weighted by Crippen LogP contribution is 2.45. The average molecular weight is 651 g/mol. The van der Waals surface area contributed by atoms with Gasteiger partial charge >= 0.3 is 0 Å². The van der Waals surface area contributed by atoms with Crippen LogP contribution in [-0.4, -0.2) is 9.55 Å². The van der Waals surface area contributed by atoms with Crippen molar-refractivity contribution in [1.82, 2.24) is 9.55 Å². The van der Waals surface area contributed by atoms with Gasteiger partial charge in [0.2, 0.25) is 0 Å². The van der Waals surface area contributed by atoms with Crippen LogP contribution in [0.25, 0.3) is 82.4 Å². The molecule has 0 bridgehead atoms. The smallest absolute Gasteiger partial charge is 0.0575 e. The molecule has 2 heteroatoms. The Morgan fingerprint density at radius 2 is 1.06 bits per heavy atom. The van der Waals surface area contributed by atoms with Crippen molar-refractivity contribution in [3.05, 3.63) is 194 Å². The van der Waals surface area contributed by atoms with Gasteiger partial charge in [-0.2, -0.15) is 0 Å². The van der Waals surface area contributed by atoms with E-state index < -0.39 is 0 Å². The molecule has 9 aromatic rings. The van der Waals surface area contributed by atoms with Gasteiger partial charge in [0.05, 0.1) is 16.7 Å². The second kappa shape index (κ2) is 12.1. The summed E-state index contributed by atoms with van der Waals surface area (Å²) in [5.74, 6) is 0.232. The molecule has 0 radical (unpaired) electrons. The van der Waals surface area contributed by atoms with Crippen LogP contribution < -0.4 is 0 Å². The predicted octanol–water partition coefficient (Wildman–Crippen LogP) is 13.1. The lowest BCUT2D eigenvalue weighted by Crippen LogP contribution is -2.00. The Labute approximate surface area is 297 Å². The van der Waals surface area contributed by atoms with Gasteiger partial charge in [-0.1, -0.05) is 146 Å². The third-order valence-corrected chi connectivity index (χ3v) is 10.5. The van der Waals surface area contributed by atoms with Crippen molar-refractivity contribution in [2.45, 2.75) is 12.3 Å². The van der Waals surface area contributed by atoms with Crippen LogP contribution in [0.1, 0.15) is 18.0 Å². The number of nitrogens with zero attached hydrogens (tertiary/aromatic N) is 2. The Morgan fingerprint density at radius 3 is 1.73 bits per heavy atom. The molecule has 0 N–H and O–H groups in total. The summed E-state index contributed by atoms with van der Waals surface area (Å²) in [6, 6.07) is 57.5. The van der Waals surface area contributed by atoms with Crippen molar-refractivity contribution in [1.29, 1.82) is 0 Å². The third-order valence-electron chi connectivity index (χ3n) is 10.5. The van der Waals surface area contributed by atoms with E-state index in [-0.39, 0.29) is 5.92 Å². The molecule has 0 aliphatic heterocycles. The van der Waals surface area contributed by atoms with E-state index in [0.717, 1.165) is 17.8 Å². The molecule has 1 aliphatic rings. The van der Waals surface area contributed by atoms with Gasteiger partial charge in [0, 0.05) is 28.6 Å². The highest BCUT2D eigenvalue weighted by Gasteiger charge is 2.22. The van der Waals surface area contributed by atoms with Crippen LogP contribution in [0.5, 0.6) is 0 Å². The Hall–Kier alpha value is -6.51. The number of fused-ring (bicyclic) bond motifs is 5. The molecule has 240 valence electrons. The highest BCUT2D eigenvalue weighted by molar-refractivity contribution is 6.22. The monoisotopic (exact) mass is 650 g/mol. The van der Waals surface area contributed by atoms with E-state index in [1.165, 1.54) is 76.7 Å². The Balaban J connectivity index is 1.26. The standard InChI is InChI=1S/C49H34N2/c1-5-15-33(16-6-1)46-39-23-13-14-24-40(39)47(34-17-7-2-8-18-34)42-31-36(25-27-41(42)46)37-26-28-44-43(32-37)48-45(51(44)38-21-11-4-12-22-38)29-30-50-49(48)35-19-9-3-10-20-35/h1-19,21-32,35H,20H2. The highest BCUT2D eigenvalue weighted by atomic mass is 15.0. The zero-order chi connectivity index (χ0) is 33.7. The van der Waals surface area contributed by atoms with Crippen LogP contribution in [0.2, 0.25) is 0 Å². The van der Waals surface area contributed by atoms with Gasteiger partial charge < -0.3 is 4.57 Å². The number of pyridine rings is 1. The second-order valence-corrected chi connectivity index (χ2v) is 13.4. The first-order valence-corrected chi connectivity index (χ1v) is 17.7. The number of benzene rings is 7. The molecular formula is C49H34N2. The molecular weight excluding hydrogens is 617 g/mol. The van der Waals surface area contributed by atoms with E-state index in [0.29, 0.717) is 0 Å². The topological polar surface area (TPSA) is 17.8 Å². The fourth-order valence-electron chi connectivity index (χ4n) is 8.28. The Morgan fingerprint density at radius 1 is 0.471 bits per heavy atom. The summed E-state index contributed by atoms with van der Waals surface area (Å²) in [4.78, 5) is 5.05. The molecule has 0 saturated carbocycles. The molecule has 2 aromatic heterocycles. The molecule has 1 unspecified atom stereocenters. The van der Waals surface area contributed by atoms with Crippen LogP contribution in [0.3, 0.4) is 0 Å². The van der Waals surface area contributed by atoms with Crippen molar-refractivity contribution < 1.29 is 0 Å². The number of aromatic nitrogens is 2. The third kappa shape index (κ3) is 4.83. The van der Waals surface area contributed by atoms with Crippen LogP contribution in [0.15, 0.2) is 188 Å². The quantitative estimate of drug-likeness (QED) is 0.170. The van der Waals surface area contributed by atoms with E-state index in [2.05, 4.69) is 187 Å². The summed E-state index contributed by atoms with van der Waals surface area (Å²) in [6.07, 6.45) is 11.8. The lowest BCUT2D eigenvalue weighted by Gasteiger charge is -2.18. The maximum absolute atomic E-state index is 5.05. The molecule has 10 rings (SSSR count). The molecule has 7 aromatic carbocycles. The predicted molar refractivity (Wildman–Crippen MR) is 216 cm³/mol. The zero-order valence-electron chi connectivity index (χ0n) is 28.1. The zero-order valence-corrected chi connectivity index (χ0v) is 28.1. The normalized spacial score (nSPS) is 14.2. The Bertz CT molecular complexity index is 2810. The summed E-state index contributed by atoms with van der Waals surface area (Å²) in [7, 11) is 0. The molecule has 0 saturated heterocycles. The van der Waals surface area contributed by atoms with Crippen molar-refractivity contribution in [3.63, 3.8) is 0 Å². The van der Waals surface area contributed by atoms with Gasteiger partial charge in [-0.3, -0.25) is 4.98 Å². The summed E-state index contributed by atoms with van der Waals surface area (Å²) < 4.78 is 2.40. The van der Waals surface area contributed by atoms with Crippen molar-refractivity contribution in [2.24, 2.45) is 0 Å². The minimum Gasteiger partial charge on any atom is -0.309 e. The van der Waals surface area contributed by atoms with Crippen LogP contribution in [0, 0.1) is 0 Å². The van der Waals surface area contributed by atoms with Gasteiger partial charge in [0.1, 0.15) is 0 Å². The van der Waals surface area contributed by atoms with Gasteiger partial charge in [-0.05, 0) is 97.7 Å². The minimum absolute atomic E-state index is 0.232. The van der Waals surface area contributed by atoms with Gasteiger partial charge in [0.25, 0.3) is 0 Å². The van der Waals surface area contributed by atoms with E-state index >= 15 is 0 Å². The molecule has 0 spiro atoms. The first-order chi connectivity index (χ1) is 25.3. The molecule has 51 heavy (non-hydrogen) atoms. The average Bonchev–Trinajstić information content (AvgIpc) is 3.55. The molecule has 0 fully saturated rings. The molecule has 1 aliphatic carbocycles. The molecule has 0 amide bonds. The van der Waals surface area contributed by atoms with Gasteiger partial charge in [-0.15, -0.1) is 0 Å². The number of hydrogen-bond acceptors (Lipinski definition) is 1. The SMILES string of the molecule is C1=CCC(c2nccc3c2c2cc(-c4ccc5c(-c6ccccc6)c6ccccc6c(-c6ccccc6)c5c4)ccc2n3-c2ccccc2)C=C1. The van der Waals surface area contributed by atoms with Crippen LogP contribution >= 0.6 is 0 Å². The molecule has 1 atom stereocenters. The number of para-hydroxylation sites is 1. The first-order valence-electron chi connectivity index (χ1n) is 17.7. The van der Waals surface area contributed by atoms with Crippen molar-refractivity contribution in [3.8, 4) is 39.1 Å². The van der Waals surface area contributed by atoms with E-state index in [4.69, 9.17) is 4.98 Å². The first kappa shape index (κ1) is 29.4. The number of rotatable bonds is 5. The second-order valence-electron chi connectivity index (χ2n) is 13.4. The largest absolute Gasteiger partial charge is 0.309 e. The van der Waals surface area contributed by atoms with E-state index in [1.807, 2.05) is 6.20 Å². The maximum Gasteiger partial charge on any atom is 0.0575 e. The summed E-state index contributed by atoms with van der Waals surface area (Å²) in [5.41, 5.74) is 12.1. The van der Waals surface area contributed by atoms with E-state index in [9.17, 15) is 0 Å². The van der Waals surface area contributed by atoms with Crippen LogP contribution in [0.4, 0.5) is 0 Å². The number of hydrogen-bond donors (Lipinski definition) is 0. The van der Waals surface area contributed by atoms with Crippen molar-refractivity contribution >= 4 is 43.4 Å². The van der Waals surface area contributed by atoms with Crippen molar-refractivity contribution in [2.75, 3.05) is 0 Å².